The first kappa shape index (κ1) is 14.5. The molecule has 0 saturated carbocycles. The minimum atomic E-state index is 0.630. The van der Waals surface area contributed by atoms with E-state index in [1.54, 1.807) is 23.7 Å². The molecule has 0 amide bonds. The molecule has 0 aliphatic rings. The van der Waals surface area contributed by atoms with Crippen LogP contribution in [-0.4, -0.2) is 20.9 Å². The van der Waals surface area contributed by atoms with Crippen molar-refractivity contribution in [3.05, 3.63) is 40.2 Å². The highest BCUT2D eigenvalue weighted by Gasteiger charge is 2.15. The summed E-state index contributed by atoms with van der Waals surface area (Å²) in [5.41, 5.74) is 1.03. The predicted octanol–water partition coefficient (Wildman–Crippen LogP) is 3.85. The van der Waals surface area contributed by atoms with Crippen LogP contribution in [0.4, 0.5) is 0 Å². The van der Waals surface area contributed by atoms with Crippen LogP contribution in [0.5, 0.6) is 11.6 Å². The molecule has 0 aliphatic carbocycles. The number of imidazole rings is 1. The summed E-state index contributed by atoms with van der Waals surface area (Å²) in [5.74, 6) is 1.30. The molecule has 110 valence electrons. The van der Waals surface area contributed by atoms with Gasteiger partial charge in [-0.05, 0) is 35.0 Å². The summed E-state index contributed by atoms with van der Waals surface area (Å²) in [7, 11) is 0. The Kier molecular flexibility index (Phi) is 4.52. The van der Waals surface area contributed by atoms with Gasteiger partial charge in [0.05, 0.1) is 6.20 Å². The third-order valence-electron chi connectivity index (χ3n) is 2.94. The molecule has 7 heteroatoms. The van der Waals surface area contributed by atoms with E-state index in [0.717, 1.165) is 34.6 Å². The number of fused-ring (bicyclic) bond motifs is 1. The number of pyridine rings is 1. The Morgan fingerprint density at radius 1 is 1.43 bits per heavy atom. The van der Waals surface area contributed by atoms with Gasteiger partial charge >= 0.3 is 0 Å². The SMILES string of the molecule is CCCNCc1c(Oc2cncc(Br)c2)nc2sccn12. The Morgan fingerprint density at radius 3 is 3.14 bits per heavy atom. The van der Waals surface area contributed by atoms with Gasteiger partial charge in [0, 0.05) is 28.8 Å². The minimum Gasteiger partial charge on any atom is -0.436 e. The molecule has 3 heterocycles. The Hall–Kier alpha value is -1.44. The average molecular weight is 367 g/mol. The van der Waals surface area contributed by atoms with E-state index in [1.165, 1.54) is 0 Å². The number of hydrogen-bond acceptors (Lipinski definition) is 5. The van der Waals surface area contributed by atoms with Crippen LogP contribution in [0.2, 0.25) is 0 Å². The van der Waals surface area contributed by atoms with Crippen LogP contribution in [0.1, 0.15) is 19.0 Å². The number of ether oxygens (including phenoxy) is 1. The summed E-state index contributed by atoms with van der Waals surface area (Å²) in [6.45, 7) is 3.84. The zero-order valence-corrected chi connectivity index (χ0v) is 13.9. The van der Waals surface area contributed by atoms with Gasteiger partial charge in [0.1, 0.15) is 11.4 Å². The molecule has 1 N–H and O–H groups in total. The fourth-order valence-corrected chi connectivity index (χ4v) is 3.07. The normalized spacial score (nSPS) is 11.1. The number of rotatable bonds is 6. The van der Waals surface area contributed by atoms with Crippen molar-refractivity contribution >= 4 is 32.2 Å². The lowest BCUT2D eigenvalue weighted by Gasteiger charge is -2.07. The molecule has 0 radical (unpaired) electrons. The first-order chi connectivity index (χ1) is 10.3. The van der Waals surface area contributed by atoms with Crippen LogP contribution in [0.25, 0.3) is 4.96 Å². The molecule has 3 aromatic heterocycles. The summed E-state index contributed by atoms with van der Waals surface area (Å²) >= 11 is 4.99. The number of thiazole rings is 1. The highest BCUT2D eigenvalue weighted by molar-refractivity contribution is 9.10. The summed E-state index contributed by atoms with van der Waals surface area (Å²) < 4.78 is 8.85. The molecule has 3 aromatic rings. The molecule has 0 fully saturated rings. The van der Waals surface area contributed by atoms with E-state index >= 15 is 0 Å². The summed E-state index contributed by atoms with van der Waals surface area (Å²) in [4.78, 5) is 9.59. The maximum absolute atomic E-state index is 5.91. The molecular weight excluding hydrogens is 352 g/mol. The summed E-state index contributed by atoms with van der Waals surface area (Å²) in [5, 5.41) is 5.42. The van der Waals surface area contributed by atoms with Crippen molar-refractivity contribution in [2.75, 3.05) is 6.54 Å². The molecule has 5 nitrogen and oxygen atoms in total. The maximum Gasteiger partial charge on any atom is 0.243 e. The van der Waals surface area contributed by atoms with Crippen LogP contribution in [-0.2, 0) is 6.54 Å². The Morgan fingerprint density at radius 2 is 2.33 bits per heavy atom. The number of aromatic nitrogens is 3. The lowest BCUT2D eigenvalue weighted by atomic mass is 10.4. The molecule has 0 saturated heterocycles. The third-order valence-corrected chi connectivity index (χ3v) is 4.13. The van der Waals surface area contributed by atoms with Gasteiger partial charge in [-0.15, -0.1) is 11.3 Å². The monoisotopic (exact) mass is 366 g/mol. The van der Waals surface area contributed by atoms with Crippen LogP contribution in [0.3, 0.4) is 0 Å². The van der Waals surface area contributed by atoms with E-state index in [1.807, 2.05) is 17.6 Å². The first-order valence-corrected chi connectivity index (χ1v) is 8.38. The fourth-order valence-electron chi connectivity index (χ4n) is 2.00. The number of hydrogen-bond donors (Lipinski definition) is 1. The van der Waals surface area contributed by atoms with Crippen molar-refractivity contribution in [1.29, 1.82) is 0 Å². The van der Waals surface area contributed by atoms with Crippen LogP contribution in [0.15, 0.2) is 34.5 Å². The minimum absolute atomic E-state index is 0.630. The van der Waals surface area contributed by atoms with Crippen molar-refractivity contribution in [3.63, 3.8) is 0 Å². The van der Waals surface area contributed by atoms with Gasteiger partial charge in [0.25, 0.3) is 0 Å². The van der Waals surface area contributed by atoms with E-state index in [2.05, 4.69) is 42.5 Å². The van der Waals surface area contributed by atoms with Gasteiger partial charge in [-0.1, -0.05) is 6.92 Å². The first-order valence-electron chi connectivity index (χ1n) is 6.71. The van der Waals surface area contributed by atoms with Crippen molar-refractivity contribution in [2.45, 2.75) is 19.9 Å². The van der Waals surface area contributed by atoms with E-state index in [9.17, 15) is 0 Å². The Bertz CT molecular complexity index is 739. The van der Waals surface area contributed by atoms with Gasteiger partial charge < -0.3 is 10.1 Å². The second-order valence-electron chi connectivity index (χ2n) is 4.54. The largest absolute Gasteiger partial charge is 0.436 e. The van der Waals surface area contributed by atoms with E-state index < -0.39 is 0 Å². The predicted molar refractivity (Wildman–Crippen MR) is 87.1 cm³/mol. The second kappa shape index (κ2) is 6.55. The molecule has 0 spiro atoms. The molecule has 0 aliphatic heterocycles. The second-order valence-corrected chi connectivity index (χ2v) is 6.33. The molecule has 0 bridgehead atoms. The zero-order valence-electron chi connectivity index (χ0n) is 11.5. The molecule has 21 heavy (non-hydrogen) atoms. The third kappa shape index (κ3) is 3.25. The van der Waals surface area contributed by atoms with Crippen LogP contribution in [0, 0.1) is 0 Å². The van der Waals surface area contributed by atoms with Gasteiger partial charge in [-0.2, -0.15) is 4.98 Å². The molecular formula is C14H15BrN4OS. The molecule has 3 rings (SSSR count). The lowest BCUT2D eigenvalue weighted by molar-refractivity contribution is 0.453. The fraction of sp³-hybridized carbons (Fsp3) is 0.286. The molecule has 0 atom stereocenters. The van der Waals surface area contributed by atoms with Gasteiger partial charge in [-0.3, -0.25) is 9.38 Å². The topological polar surface area (TPSA) is 51.5 Å². The standard InChI is InChI=1S/C14H15BrN4OS/c1-2-3-16-9-12-13(18-14-19(12)4-5-21-14)20-11-6-10(15)7-17-8-11/h4-8,16H,2-3,9H2,1H3. The average Bonchev–Trinajstić information content (AvgIpc) is 3.02. The summed E-state index contributed by atoms with van der Waals surface area (Å²) in [6, 6.07) is 1.88. The Labute approximate surface area is 135 Å². The molecule has 0 aromatic carbocycles. The summed E-state index contributed by atoms with van der Waals surface area (Å²) in [6.07, 6.45) is 6.52. The lowest BCUT2D eigenvalue weighted by Crippen LogP contribution is -2.15. The molecule has 0 unspecified atom stereocenters. The Balaban J connectivity index is 1.89. The van der Waals surface area contributed by atoms with E-state index in [0.29, 0.717) is 11.6 Å². The smallest absolute Gasteiger partial charge is 0.243 e. The maximum atomic E-state index is 5.91. The number of nitrogens with one attached hydrogen (secondary N) is 1. The van der Waals surface area contributed by atoms with Crippen molar-refractivity contribution in [1.82, 2.24) is 19.7 Å². The van der Waals surface area contributed by atoms with Crippen molar-refractivity contribution in [3.8, 4) is 11.6 Å². The van der Waals surface area contributed by atoms with Crippen LogP contribution < -0.4 is 10.1 Å². The highest BCUT2D eigenvalue weighted by Crippen LogP contribution is 2.28. The van der Waals surface area contributed by atoms with Gasteiger partial charge in [-0.25, -0.2) is 0 Å². The van der Waals surface area contributed by atoms with Crippen molar-refractivity contribution < 1.29 is 4.74 Å². The number of halogens is 1. The van der Waals surface area contributed by atoms with Gasteiger partial charge in [0.15, 0.2) is 4.96 Å². The highest BCUT2D eigenvalue weighted by atomic mass is 79.9. The van der Waals surface area contributed by atoms with Crippen molar-refractivity contribution in [2.24, 2.45) is 0 Å². The van der Waals surface area contributed by atoms with Gasteiger partial charge in [0.2, 0.25) is 5.88 Å². The van der Waals surface area contributed by atoms with Crippen LogP contribution >= 0.6 is 27.3 Å². The van der Waals surface area contributed by atoms with E-state index in [4.69, 9.17) is 4.74 Å². The van der Waals surface area contributed by atoms with E-state index in [-0.39, 0.29) is 0 Å². The number of nitrogens with zero attached hydrogens (tertiary/aromatic N) is 3. The zero-order chi connectivity index (χ0) is 14.7. The quantitative estimate of drug-likeness (QED) is 0.673.